The molecule has 0 fully saturated rings. The van der Waals surface area contributed by atoms with E-state index in [2.05, 4.69) is 4.98 Å². The Bertz CT molecular complexity index is 799. The number of aliphatic hydroxyl groups excluding tert-OH is 1. The summed E-state index contributed by atoms with van der Waals surface area (Å²) >= 11 is 0. The van der Waals surface area contributed by atoms with E-state index in [0.29, 0.717) is 29.5 Å². The summed E-state index contributed by atoms with van der Waals surface area (Å²) in [6.45, 7) is 0.457. The number of aromatic nitrogens is 2. The SMILES string of the molecule is COc1cc([C@H](O)c2nccn2C)ccc1OCc1ccccc1. The minimum atomic E-state index is -0.818. The lowest BCUT2D eigenvalue weighted by atomic mass is 10.1. The molecule has 24 heavy (non-hydrogen) atoms. The molecule has 1 aromatic heterocycles. The van der Waals surface area contributed by atoms with Gasteiger partial charge in [0.1, 0.15) is 18.5 Å². The first-order valence-corrected chi connectivity index (χ1v) is 7.69. The Balaban J connectivity index is 1.79. The first-order chi connectivity index (χ1) is 11.7. The second-order valence-electron chi connectivity index (χ2n) is 5.48. The van der Waals surface area contributed by atoms with Crippen molar-refractivity contribution in [2.75, 3.05) is 7.11 Å². The van der Waals surface area contributed by atoms with Gasteiger partial charge in [-0.2, -0.15) is 0 Å². The van der Waals surface area contributed by atoms with Crippen molar-refractivity contribution in [3.8, 4) is 11.5 Å². The van der Waals surface area contributed by atoms with E-state index in [9.17, 15) is 5.11 Å². The van der Waals surface area contributed by atoms with Crippen molar-refractivity contribution in [2.45, 2.75) is 12.7 Å². The fourth-order valence-corrected chi connectivity index (χ4v) is 2.50. The maximum Gasteiger partial charge on any atom is 0.161 e. The third-order valence-corrected chi connectivity index (χ3v) is 3.84. The lowest BCUT2D eigenvalue weighted by Crippen LogP contribution is -2.07. The van der Waals surface area contributed by atoms with E-state index in [0.717, 1.165) is 5.56 Å². The van der Waals surface area contributed by atoms with Crippen molar-refractivity contribution >= 4 is 0 Å². The largest absolute Gasteiger partial charge is 0.493 e. The van der Waals surface area contributed by atoms with Gasteiger partial charge in [-0.05, 0) is 23.3 Å². The van der Waals surface area contributed by atoms with Crippen LogP contribution >= 0.6 is 0 Å². The van der Waals surface area contributed by atoms with Gasteiger partial charge < -0.3 is 19.1 Å². The first kappa shape index (κ1) is 16.1. The molecular weight excluding hydrogens is 304 g/mol. The van der Waals surface area contributed by atoms with E-state index < -0.39 is 6.10 Å². The van der Waals surface area contributed by atoms with Crippen LogP contribution in [0.5, 0.6) is 11.5 Å². The molecule has 0 saturated carbocycles. The smallest absolute Gasteiger partial charge is 0.161 e. The average Bonchev–Trinajstić information content (AvgIpc) is 3.06. The topological polar surface area (TPSA) is 56.5 Å². The Labute approximate surface area is 141 Å². The van der Waals surface area contributed by atoms with Crippen LogP contribution < -0.4 is 9.47 Å². The summed E-state index contributed by atoms with van der Waals surface area (Å²) in [6, 6.07) is 15.3. The molecule has 1 atom stereocenters. The zero-order valence-electron chi connectivity index (χ0n) is 13.7. The van der Waals surface area contributed by atoms with Gasteiger partial charge in [0.25, 0.3) is 0 Å². The minimum absolute atomic E-state index is 0.457. The van der Waals surface area contributed by atoms with Crippen LogP contribution in [-0.4, -0.2) is 21.8 Å². The highest BCUT2D eigenvalue weighted by Gasteiger charge is 2.17. The predicted octanol–water partition coefficient (Wildman–Crippen LogP) is 3.09. The molecule has 0 amide bonds. The molecule has 0 saturated heterocycles. The van der Waals surface area contributed by atoms with E-state index in [1.165, 1.54) is 0 Å². The highest BCUT2D eigenvalue weighted by Crippen LogP contribution is 2.32. The fourth-order valence-electron chi connectivity index (χ4n) is 2.50. The summed E-state index contributed by atoms with van der Waals surface area (Å²) in [4.78, 5) is 4.19. The van der Waals surface area contributed by atoms with Gasteiger partial charge in [0, 0.05) is 19.4 Å². The normalized spacial score (nSPS) is 12.0. The van der Waals surface area contributed by atoms with E-state index in [1.807, 2.05) is 49.5 Å². The standard InChI is InChI=1S/C19H20N2O3/c1-21-11-10-20-19(21)18(22)15-8-9-16(17(12-15)23-2)24-13-14-6-4-3-5-7-14/h3-12,18,22H,13H2,1-2H3/t18-/m0/s1. The maximum absolute atomic E-state index is 10.5. The number of benzene rings is 2. The number of hydrogen-bond acceptors (Lipinski definition) is 4. The van der Waals surface area contributed by atoms with Gasteiger partial charge in [0.05, 0.1) is 7.11 Å². The quantitative estimate of drug-likeness (QED) is 0.757. The van der Waals surface area contributed by atoms with Gasteiger partial charge in [-0.3, -0.25) is 0 Å². The van der Waals surface area contributed by atoms with Crippen LogP contribution in [0.4, 0.5) is 0 Å². The second-order valence-corrected chi connectivity index (χ2v) is 5.48. The second kappa shape index (κ2) is 7.19. The third-order valence-electron chi connectivity index (χ3n) is 3.84. The fraction of sp³-hybridized carbons (Fsp3) is 0.211. The molecule has 124 valence electrons. The highest BCUT2D eigenvalue weighted by atomic mass is 16.5. The van der Waals surface area contributed by atoms with Gasteiger partial charge in [-0.1, -0.05) is 36.4 Å². The number of aryl methyl sites for hydroxylation is 1. The van der Waals surface area contributed by atoms with Crippen molar-refractivity contribution < 1.29 is 14.6 Å². The number of ether oxygens (including phenoxy) is 2. The molecule has 0 aliphatic rings. The van der Waals surface area contributed by atoms with Crippen molar-refractivity contribution in [3.63, 3.8) is 0 Å². The molecule has 0 aliphatic heterocycles. The van der Waals surface area contributed by atoms with Crippen LogP contribution in [0.25, 0.3) is 0 Å². The highest BCUT2D eigenvalue weighted by molar-refractivity contribution is 5.44. The zero-order chi connectivity index (χ0) is 16.9. The third kappa shape index (κ3) is 3.41. The summed E-state index contributed by atoms with van der Waals surface area (Å²) in [5.74, 6) is 1.80. The van der Waals surface area contributed by atoms with Crippen molar-refractivity contribution in [1.82, 2.24) is 9.55 Å². The number of nitrogens with zero attached hydrogens (tertiary/aromatic N) is 2. The molecule has 0 bridgehead atoms. The Kier molecular flexibility index (Phi) is 4.82. The summed E-state index contributed by atoms with van der Waals surface area (Å²) < 4.78 is 13.0. The number of methoxy groups -OCH3 is 1. The molecule has 0 aliphatic carbocycles. The van der Waals surface area contributed by atoms with E-state index >= 15 is 0 Å². The molecule has 1 N–H and O–H groups in total. The number of imidazole rings is 1. The molecule has 0 radical (unpaired) electrons. The Hall–Kier alpha value is -2.79. The van der Waals surface area contributed by atoms with Gasteiger partial charge in [-0.25, -0.2) is 4.98 Å². The lowest BCUT2D eigenvalue weighted by Gasteiger charge is -2.15. The van der Waals surface area contributed by atoms with Gasteiger partial charge in [0.2, 0.25) is 0 Å². The molecule has 3 rings (SSSR count). The minimum Gasteiger partial charge on any atom is -0.493 e. The van der Waals surface area contributed by atoms with Crippen LogP contribution in [0.1, 0.15) is 23.1 Å². The number of aliphatic hydroxyl groups is 1. The van der Waals surface area contributed by atoms with Gasteiger partial charge in [0.15, 0.2) is 11.5 Å². The molecule has 1 heterocycles. The van der Waals surface area contributed by atoms with Crippen LogP contribution in [0.15, 0.2) is 60.9 Å². The number of rotatable bonds is 6. The average molecular weight is 324 g/mol. The van der Waals surface area contributed by atoms with Crippen molar-refractivity contribution in [3.05, 3.63) is 77.9 Å². The molecule has 0 unspecified atom stereocenters. The maximum atomic E-state index is 10.5. The molecule has 0 spiro atoms. The van der Waals surface area contributed by atoms with Crippen LogP contribution in [0.3, 0.4) is 0 Å². The van der Waals surface area contributed by atoms with Crippen molar-refractivity contribution in [1.29, 1.82) is 0 Å². The molecule has 2 aromatic carbocycles. The Morgan fingerprint density at radius 3 is 2.58 bits per heavy atom. The van der Waals surface area contributed by atoms with Crippen molar-refractivity contribution in [2.24, 2.45) is 7.05 Å². The molecule has 5 nitrogen and oxygen atoms in total. The Morgan fingerprint density at radius 1 is 1.12 bits per heavy atom. The van der Waals surface area contributed by atoms with E-state index in [4.69, 9.17) is 9.47 Å². The summed E-state index contributed by atoms with van der Waals surface area (Å²) in [5, 5.41) is 10.5. The zero-order valence-corrected chi connectivity index (χ0v) is 13.7. The van der Waals surface area contributed by atoms with Gasteiger partial charge >= 0.3 is 0 Å². The monoisotopic (exact) mass is 324 g/mol. The van der Waals surface area contributed by atoms with Crippen LogP contribution in [0, 0.1) is 0 Å². The summed E-state index contributed by atoms with van der Waals surface area (Å²) in [7, 11) is 3.43. The van der Waals surface area contributed by atoms with Crippen LogP contribution in [-0.2, 0) is 13.7 Å². The molecule has 3 aromatic rings. The predicted molar refractivity (Wildman–Crippen MR) is 91.0 cm³/mol. The lowest BCUT2D eigenvalue weighted by molar-refractivity contribution is 0.205. The number of hydrogen-bond donors (Lipinski definition) is 1. The van der Waals surface area contributed by atoms with Crippen LogP contribution in [0.2, 0.25) is 0 Å². The van der Waals surface area contributed by atoms with E-state index in [-0.39, 0.29) is 0 Å². The molecule has 5 heteroatoms. The van der Waals surface area contributed by atoms with Gasteiger partial charge in [-0.15, -0.1) is 0 Å². The summed E-state index contributed by atoms with van der Waals surface area (Å²) in [6.07, 6.45) is 2.64. The molecular formula is C19H20N2O3. The first-order valence-electron chi connectivity index (χ1n) is 7.69. The summed E-state index contributed by atoms with van der Waals surface area (Å²) in [5.41, 5.74) is 1.78. The Morgan fingerprint density at radius 2 is 1.92 bits per heavy atom. The van der Waals surface area contributed by atoms with E-state index in [1.54, 1.807) is 30.1 Å².